The first-order chi connectivity index (χ1) is 9.66. The van der Waals surface area contributed by atoms with Crippen molar-refractivity contribution in [2.45, 2.75) is 19.8 Å². The lowest BCUT2D eigenvalue weighted by Gasteiger charge is -2.30. The Labute approximate surface area is 118 Å². The van der Waals surface area contributed by atoms with Gasteiger partial charge < -0.3 is 15.0 Å². The molecule has 1 aliphatic rings. The first kappa shape index (κ1) is 14.6. The van der Waals surface area contributed by atoms with E-state index < -0.39 is 0 Å². The number of para-hydroxylation sites is 1. The molecule has 5 heteroatoms. The Balaban J connectivity index is 1.68. The summed E-state index contributed by atoms with van der Waals surface area (Å²) in [6, 6.07) is 6.19. The maximum Gasteiger partial charge on any atom is 0.317 e. The molecular weight excluding hydrogens is 259 g/mol. The Hall–Kier alpha value is -1.78. The molecule has 1 saturated heterocycles. The monoisotopic (exact) mass is 280 g/mol. The van der Waals surface area contributed by atoms with Gasteiger partial charge in [-0.25, -0.2) is 9.18 Å². The predicted octanol–water partition coefficient (Wildman–Crippen LogP) is 2.65. The van der Waals surface area contributed by atoms with Crippen LogP contribution in [0.25, 0.3) is 0 Å². The summed E-state index contributed by atoms with van der Waals surface area (Å²) >= 11 is 0. The molecule has 1 unspecified atom stereocenters. The van der Waals surface area contributed by atoms with Crippen molar-refractivity contribution in [3.63, 3.8) is 0 Å². The van der Waals surface area contributed by atoms with Crippen LogP contribution in [0.2, 0.25) is 0 Å². The van der Waals surface area contributed by atoms with Crippen LogP contribution in [0.4, 0.5) is 9.18 Å². The maximum atomic E-state index is 13.3. The highest BCUT2D eigenvalue weighted by molar-refractivity contribution is 5.74. The van der Waals surface area contributed by atoms with Gasteiger partial charge in [0.25, 0.3) is 0 Å². The largest absolute Gasteiger partial charge is 0.489 e. The van der Waals surface area contributed by atoms with Gasteiger partial charge in [0.05, 0.1) is 6.54 Å². The van der Waals surface area contributed by atoms with E-state index in [9.17, 15) is 9.18 Å². The number of benzene rings is 1. The zero-order chi connectivity index (χ0) is 14.4. The molecule has 0 aliphatic carbocycles. The SMILES string of the molecule is CC1CCCN(C(=O)NCCOc2ccccc2F)C1. The van der Waals surface area contributed by atoms with E-state index in [2.05, 4.69) is 12.2 Å². The first-order valence-electron chi connectivity index (χ1n) is 7.07. The molecule has 1 fully saturated rings. The second kappa shape index (κ2) is 7.12. The van der Waals surface area contributed by atoms with Gasteiger partial charge in [0.2, 0.25) is 0 Å². The van der Waals surface area contributed by atoms with E-state index in [1.54, 1.807) is 18.2 Å². The second-order valence-electron chi connectivity index (χ2n) is 5.20. The molecule has 1 N–H and O–H groups in total. The van der Waals surface area contributed by atoms with E-state index in [0.29, 0.717) is 12.5 Å². The molecular formula is C15H21FN2O2. The Morgan fingerprint density at radius 3 is 3.05 bits per heavy atom. The molecule has 0 spiro atoms. The zero-order valence-corrected chi connectivity index (χ0v) is 11.8. The normalized spacial score (nSPS) is 18.7. The van der Waals surface area contributed by atoms with Gasteiger partial charge in [-0.3, -0.25) is 0 Å². The third-order valence-corrected chi connectivity index (χ3v) is 3.42. The van der Waals surface area contributed by atoms with Gasteiger partial charge in [-0.1, -0.05) is 19.1 Å². The summed E-state index contributed by atoms with van der Waals surface area (Å²) in [6.45, 7) is 4.40. The average Bonchev–Trinajstić information content (AvgIpc) is 2.45. The van der Waals surface area contributed by atoms with E-state index in [-0.39, 0.29) is 24.2 Å². The molecule has 0 aromatic heterocycles. The minimum Gasteiger partial charge on any atom is -0.489 e. The molecule has 4 nitrogen and oxygen atoms in total. The van der Waals surface area contributed by atoms with Gasteiger partial charge in [-0.2, -0.15) is 0 Å². The van der Waals surface area contributed by atoms with Crippen LogP contribution in [0.3, 0.4) is 0 Å². The summed E-state index contributed by atoms with van der Waals surface area (Å²) in [4.78, 5) is 13.7. The number of likely N-dealkylation sites (tertiary alicyclic amines) is 1. The molecule has 0 radical (unpaired) electrons. The molecule has 1 aromatic rings. The van der Waals surface area contributed by atoms with Crippen LogP contribution in [0.5, 0.6) is 5.75 Å². The van der Waals surface area contributed by atoms with Crippen molar-refractivity contribution in [1.82, 2.24) is 10.2 Å². The lowest BCUT2D eigenvalue weighted by Crippen LogP contribution is -2.45. The number of amides is 2. The second-order valence-corrected chi connectivity index (χ2v) is 5.20. The molecule has 0 saturated carbocycles. The van der Waals surface area contributed by atoms with Crippen LogP contribution < -0.4 is 10.1 Å². The van der Waals surface area contributed by atoms with Crippen LogP contribution in [0, 0.1) is 11.7 Å². The molecule has 2 rings (SSSR count). The quantitative estimate of drug-likeness (QED) is 0.861. The van der Waals surface area contributed by atoms with Gasteiger partial charge in [-0.15, -0.1) is 0 Å². The average molecular weight is 280 g/mol. The molecule has 1 heterocycles. The fraction of sp³-hybridized carbons (Fsp3) is 0.533. The number of rotatable bonds is 4. The van der Waals surface area contributed by atoms with E-state index in [4.69, 9.17) is 4.74 Å². The van der Waals surface area contributed by atoms with E-state index >= 15 is 0 Å². The number of hydrogen-bond donors (Lipinski definition) is 1. The fourth-order valence-electron chi connectivity index (χ4n) is 2.37. The molecule has 20 heavy (non-hydrogen) atoms. The number of piperidine rings is 1. The van der Waals surface area contributed by atoms with Crippen LogP contribution >= 0.6 is 0 Å². The van der Waals surface area contributed by atoms with E-state index in [1.807, 2.05) is 4.90 Å². The van der Waals surface area contributed by atoms with Gasteiger partial charge in [0.1, 0.15) is 6.61 Å². The van der Waals surface area contributed by atoms with Crippen molar-refractivity contribution in [1.29, 1.82) is 0 Å². The van der Waals surface area contributed by atoms with Gasteiger partial charge in [-0.05, 0) is 30.9 Å². The highest BCUT2D eigenvalue weighted by Crippen LogP contribution is 2.16. The fourth-order valence-corrected chi connectivity index (χ4v) is 2.37. The maximum absolute atomic E-state index is 13.3. The summed E-state index contributed by atoms with van der Waals surface area (Å²) in [6.07, 6.45) is 2.24. The number of nitrogens with one attached hydrogen (secondary N) is 1. The Morgan fingerprint density at radius 2 is 2.30 bits per heavy atom. The molecule has 110 valence electrons. The van der Waals surface area contributed by atoms with Crippen molar-refractivity contribution in [2.75, 3.05) is 26.2 Å². The minimum absolute atomic E-state index is 0.0614. The number of carbonyl (C=O) groups is 1. The van der Waals surface area contributed by atoms with Gasteiger partial charge >= 0.3 is 6.03 Å². The summed E-state index contributed by atoms with van der Waals surface area (Å²) in [7, 11) is 0. The molecule has 1 atom stereocenters. The zero-order valence-electron chi connectivity index (χ0n) is 11.8. The number of urea groups is 1. The number of nitrogens with zero attached hydrogens (tertiary/aromatic N) is 1. The van der Waals surface area contributed by atoms with Crippen molar-refractivity contribution in [3.05, 3.63) is 30.1 Å². The Morgan fingerprint density at radius 1 is 1.50 bits per heavy atom. The molecule has 0 bridgehead atoms. The van der Waals surface area contributed by atoms with Crippen LogP contribution in [-0.2, 0) is 0 Å². The molecule has 1 aliphatic heterocycles. The lowest BCUT2D eigenvalue weighted by atomic mass is 10.0. The van der Waals surface area contributed by atoms with Crippen LogP contribution in [0.15, 0.2) is 24.3 Å². The smallest absolute Gasteiger partial charge is 0.317 e. The lowest BCUT2D eigenvalue weighted by molar-refractivity contribution is 0.167. The highest BCUT2D eigenvalue weighted by atomic mass is 19.1. The molecule has 1 aromatic carbocycles. The first-order valence-corrected chi connectivity index (χ1v) is 7.07. The predicted molar refractivity (Wildman–Crippen MR) is 75.3 cm³/mol. The summed E-state index contributed by atoms with van der Waals surface area (Å²) in [5, 5.41) is 2.80. The topological polar surface area (TPSA) is 41.6 Å². The number of hydrogen-bond acceptors (Lipinski definition) is 2. The molecule has 2 amide bonds. The summed E-state index contributed by atoms with van der Waals surface area (Å²) in [5.41, 5.74) is 0. The summed E-state index contributed by atoms with van der Waals surface area (Å²) < 4.78 is 18.6. The Bertz CT molecular complexity index is 453. The summed E-state index contributed by atoms with van der Waals surface area (Å²) in [5.74, 6) is 0.390. The minimum atomic E-state index is -0.385. The highest BCUT2D eigenvalue weighted by Gasteiger charge is 2.20. The third-order valence-electron chi connectivity index (χ3n) is 3.42. The van der Waals surface area contributed by atoms with Crippen molar-refractivity contribution in [3.8, 4) is 5.75 Å². The van der Waals surface area contributed by atoms with E-state index in [0.717, 1.165) is 19.5 Å². The standard InChI is InChI=1S/C15H21FN2O2/c1-12-5-4-9-18(11-12)15(19)17-8-10-20-14-7-3-2-6-13(14)16/h2-3,6-7,12H,4-5,8-11H2,1H3,(H,17,19). The van der Waals surface area contributed by atoms with Gasteiger partial charge in [0, 0.05) is 13.1 Å². The van der Waals surface area contributed by atoms with Gasteiger partial charge in [0.15, 0.2) is 11.6 Å². The van der Waals surface area contributed by atoms with Crippen molar-refractivity contribution in [2.24, 2.45) is 5.92 Å². The number of halogens is 1. The van der Waals surface area contributed by atoms with Crippen LogP contribution in [-0.4, -0.2) is 37.2 Å². The van der Waals surface area contributed by atoms with Crippen LogP contribution in [0.1, 0.15) is 19.8 Å². The third kappa shape index (κ3) is 4.11. The number of carbonyl (C=O) groups excluding carboxylic acids is 1. The van der Waals surface area contributed by atoms with E-state index in [1.165, 1.54) is 12.5 Å². The van der Waals surface area contributed by atoms with Crippen molar-refractivity contribution >= 4 is 6.03 Å². The Kier molecular flexibility index (Phi) is 5.21. The van der Waals surface area contributed by atoms with Crippen molar-refractivity contribution < 1.29 is 13.9 Å². The number of ether oxygens (including phenoxy) is 1.